The van der Waals surface area contributed by atoms with Gasteiger partial charge in [-0.2, -0.15) is 0 Å². The van der Waals surface area contributed by atoms with E-state index in [0.29, 0.717) is 6.61 Å². The Morgan fingerprint density at radius 2 is 2.29 bits per heavy atom. The van der Waals surface area contributed by atoms with E-state index in [-0.39, 0.29) is 11.6 Å². The molecule has 0 saturated heterocycles. The van der Waals surface area contributed by atoms with Gasteiger partial charge in [-0.15, -0.1) is 0 Å². The second-order valence-electron chi connectivity index (χ2n) is 2.56. The highest BCUT2D eigenvalue weighted by Crippen LogP contribution is 2.04. The third kappa shape index (κ3) is 4.00. The lowest BCUT2D eigenvalue weighted by atomic mass is 10.2. The summed E-state index contributed by atoms with van der Waals surface area (Å²) in [5, 5.41) is 2.48. The summed E-state index contributed by atoms with van der Waals surface area (Å²) in [4.78, 5) is 14.8. The summed E-state index contributed by atoms with van der Waals surface area (Å²) in [6, 6.07) is 0. The molecule has 0 aliphatic rings. The number of nitrogens with one attached hydrogen (secondary N) is 1. The molecule has 1 amide bonds. The highest BCUT2D eigenvalue weighted by atomic mass is 16.5. The number of rotatable bonds is 5. The number of carbonyl (C=O) groups is 1. The highest BCUT2D eigenvalue weighted by molar-refractivity contribution is 5.93. The lowest BCUT2D eigenvalue weighted by Crippen LogP contribution is -2.19. The van der Waals surface area contributed by atoms with E-state index in [0.717, 1.165) is 5.57 Å². The standard InChI is InChI=1S/C10H16N2O2/c1-5-8(7-14-4)6-9(11-2)10(13)12-3/h5-6H,2,7H2,1,3-4H3,(H,12,13)/b8-5+,9-6-. The second-order valence-corrected chi connectivity index (χ2v) is 2.56. The van der Waals surface area contributed by atoms with Crippen LogP contribution >= 0.6 is 0 Å². The maximum Gasteiger partial charge on any atom is 0.269 e. The molecule has 0 aliphatic heterocycles. The average molecular weight is 196 g/mol. The first-order chi connectivity index (χ1) is 6.69. The van der Waals surface area contributed by atoms with Crippen molar-refractivity contribution >= 4 is 12.6 Å². The lowest BCUT2D eigenvalue weighted by molar-refractivity contribution is -0.117. The predicted molar refractivity (Wildman–Crippen MR) is 57.3 cm³/mol. The summed E-state index contributed by atoms with van der Waals surface area (Å²) >= 11 is 0. The fourth-order valence-electron chi connectivity index (χ4n) is 0.862. The molecule has 0 atom stereocenters. The van der Waals surface area contributed by atoms with Crippen LogP contribution in [0.3, 0.4) is 0 Å². The first-order valence-electron chi connectivity index (χ1n) is 4.24. The molecule has 0 bridgehead atoms. The molecular weight excluding hydrogens is 180 g/mol. The fourth-order valence-corrected chi connectivity index (χ4v) is 0.862. The Morgan fingerprint density at radius 1 is 1.64 bits per heavy atom. The van der Waals surface area contributed by atoms with Crippen LogP contribution in [0.4, 0.5) is 0 Å². The van der Waals surface area contributed by atoms with E-state index in [4.69, 9.17) is 4.74 Å². The second kappa shape index (κ2) is 7.03. The Labute approximate surface area is 84.4 Å². The summed E-state index contributed by atoms with van der Waals surface area (Å²) < 4.78 is 4.95. The SMILES string of the molecule is C=N/C(=C\C(=C/C)COC)C(=O)NC. The van der Waals surface area contributed by atoms with Gasteiger partial charge >= 0.3 is 0 Å². The number of methoxy groups -OCH3 is 1. The maximum absolute atomic E-state index is 11.2. The van der Waals surface area contributed by atoms with E-state index in [1.165, 1.54) is 0 Å². The molecule has 0 saturated carbocycles. The molecule has 1 N–H and O–H groups in total. The number of nitrogens with zero attached hydrogens (tertiary/aromatic N) is 1. The minimum Gasteiger partial charge on any atom is -0.380 e. The minimum absolute atomic E-state index is 0.254. The van der Waals surface area contributed by atoms with Crippen molar-refractivity contribution in [2.45, 2.75) is 6.92 Å². The molecule has 0 aromatic heterocycles. The number of carbonyl (C=O) groups excluding carboxylic acids is 1. The monoisotopic (exact) mass is 196 g/mol. The average Bonchev–Trinajstić information content (AvgIpc) is 2.23. The molecule has 0 heterocycles. The van der Waals surface area contributed by atoms with Crippen LogP contribution in [0.1, 0.15) is 6.92 Å². The van der Waals surface area contributed by atoms with Gasteiger partial charge in [-0.1, -0.05) is 6.08 Å². The van der Waals surface area contributed by atoms with E-state index < -0.39 is 0 Å². The summed E-state index contributed by atoms with van der Waals surface area (Å²) in [6.45, 7) is 5.65. The number of amides is 1. The van der Waals surface area contributed by atoms with E-state index in [1.807, 2.05) is 13.0 Å². The molecule has 14 heavy (non-hydrogen) atoms. The van der Waals surface area contributed by atoms with Crippen molar-refractivity contribution in [1.82, 2.24) is 5.32 Å². The van der Waals surface area contributed by atoms with E-state index in [1.54, 1.807) is 20.2 Å². The van der Waals surface area contributed by atoms with Gasteiger partial charge in [0.2, 0.25) is 0 Å². The van der Waals surface area contributed by atoms with E-state index >= 15 is 0 Å². The predicted octanol–water partition coefficient (Wildman–Crippen LogP) is 0.910. The number of hydrogen-bond donors (Lipinski definition) is 1. The van der Waals surface area contributed by atoms with Crippen molar-refractivity contribution in [2.75, 3.05) is 20.8 Å². The van der Waals surface area contributed by atoms with Gasteiger partial charge in [-0.25, -0.2) is 0 Å². The molecule has 0 aliphatic carbocycles. The molecule has 0 radical (unpaired) electrons. The zero-order valence-corrected chi connectivity index (χ0v) is 8.83. The van der Waals surface area contributed by atoms with Gasteiger partial charge < -0.3 is 10.1 Å². The van der Waals surface area contributed by atoms with Crippen LogP contribution in [-0.2, 0) is 9.53 Å². The maximum atomic E-state index is 11.2. The highest BCUT2D eigenvalue weighted by Gasteiger charge is 2.04. The summed E-state index contributed by atoms with van der Waals surface area (Å²) in [7, 11) is 3.14. The van der Waals surface area contributed by atoms with Gasteiger partial charge in [0.05, 0.1) is 6.61 Å². The fraction of sp³-hybridized carbons (Fsp3) is 0.400. The van der Waals surface area contributed by atoms with Crippen molar-refractivity contribution in [3.05, 3.63) is 23.4 Å². The molecule has 0 rings (SSSR count). The molecule has 0 fully saturated rings. The van der Waals surface area contributed by atoms with Crippen LogP contribution in [0.15, 0.2) is 28.4 Å². The Morgan fingerprint density at radius 3 is 2.64 bits per heavy atom. The minimum atomic E-state index is -0.254. The van der Waals surface area contributed by atoms with E-state index in [2.05, 4.69) is 17.0 Å². The number of hydrogen-bond acceptors (Lipinski definition) is 3. The first kappa shape index (κ1) is 12.6. The Bertz CT molecular complexity index is 267. The molecular formula is C10H16N2O2. The summed E-state index contributed by atoms with van der Waals surface area (Å²) in [6.07, 6.45) is 3.51. The Hall–Kier alpha value is -1.42. The van der Waals surface area contributed by atoms with Gasteiger partial charge in [0, 0.05) is 14.2 Å². The van der Waals surface area contributed by atoms with Gasteiger partial charge in [0.25, 0.3) is 5.91 Å². The molecule has 4 nitrogen and oxygen atoms in total. The molecule has 0 unspecified atom stereocenters. The molecule has 0 spiro atoms. The smallest absolute Gasteiger partial charge is 0.269 e. The van der Waals surface area contributed by atoms with Crippen molar-refractivity contribution in [1.29, 1.82) is 0 Å². The normalized spacial score (nSPS) is 12.5. The van der Waals surface area contributed by atoms with Crippen molar-refractivity contribution in [2.24, 2.45) is 4.99 Å². The first-order valence-corrected chi connectivity index (χ1v) is 4.24. The molecule has 78 valence electrons. The van der Waals surface area contributed by atoms with Crippen LogP contribution in [0.2, 0.25) is 0 Å². The van der Waals surface area contributed by atoms with Crippen LogP contribution in [0, 0.1) is 0 Å². The number of allylic oxidation sites excluding steroid dienone is 1. The van der Waals surface area contributed by atoms with Gasteiger partial charge in [0.15, 0.2) is 0 Å². The van der Waals surface area contributed by atoms with Crippen molar-refractivity contribution in [3.63, 3.8) is 0 Å². The van der Waals surface area contributed by atoms with Crippen LogP contribution in [0.5, 0.6) is 0 Å². The van der Waals surface area contributed by atoms with E-state index in [9.17, 15) is 4.79 Å². The Kier molecular flexibility index (Phi) is 6.32. The third-order valence-corrected chi connectivity index (χ3v) is 1.63. The Balaban J connectivity index is 4.72. The summed E-state index contributed by atoms with van der Waals surface area (Å²) in [5.41, 5.74) is 1.18. The van der Waals surface area contributed by atoms with Gasteiger partial charge in [0.1, 0.15) is 5.70 Å². The molecule has 4 heteroatoms. The van der Waals surface area contributed by atoms with Gasteiger partial charge in [-0.3, -0.25) is 9.79 Å². The quantitative estimate of drug-likeness (QED) is 0.403. The number of likely N-dealkylation sites (N-methyl/N-ethyl adjacent to an activating group) is 1. The lowest BCUT2D eigenvalue weighted by Gasteiger charge is -2.02. The topological polar surface area (TPSA) is 50.7 Å². The number of aliphatic imine (C=N–C) groups is 1. The zero-order chi connectivity index (χ0) is 11.0. The van der Waals surface area contributed by atoms with Crippen LogP contribution in [-0.4, -0.2) is 33.4 Å². The van der Waals surface area contributed by atoms with Gasteiger partial charge in [-0.05, 0) is 25.3 Å². The van der Waals surface area contributed by atoms with Crippen molar-refractivity contribution in [3.8, 4) is 0 Å². The van der Waals surface area contributed by atoms with Crippen LogP contribution < -0.4 is 5.32 Å². The molecule has 0 aromatic rings. The van der Waals surface area contributed by atoms with Crippen LogP contribution in [0.25, 0.3) is 0 Å². The third-order valence-electron chi connectivity index (χ3n) is 1.63. The largest absolute Gasteiger partial charge is 0.380 e. The summed E-state index contributed by atoms with van der Waals surface area (Å²) in [5.74, 6) is -0.254. The zero-order valence-electron chi connectivity index (χ0n) is 8.83. The number of ether oxygens (including phenoxy) is 1. The molecule has 0 aromatic carbocycles. The van der Waals surface area contributed by atoms with Crippen molar-refractivity contribution < 1.29 is 9.53 Å².